The molecule has 0 spiro atoms. The summed E-state index contributed by atoms with van der Waals surface area (Å²) < 4.78 is 2.17. The molecule has 0 radical (unpaired) electrons. The Morgan fingerprint density at radius 3 is 2.45 bits per heavy atom. The Morgan fingerprint density at radius 2 is 1.70 bits per heavy atom. The summed E-state index contributed by atoms with van der Waals surface area (Å²) >= 11 is 0. The molecule has 1 N–H and O–H groups in total. The number of rotatable bonds is 8. The van der Waals surface area contributed by atoms with Crippen LogP contribution in [0.25, 0.3) is 17.0 Å². The van der Waals surface area contributed by atoms with Gasteiger partial charge in [-0.15, -0.1) is 0 Å². The van der Waals surface area contributed by atoms with Gasteiger partial charge in [-0.3, -0.25) is 4.79 Å². The van der Waals surface area contributed by atoms with E-state index in [4.69, 9.17) is 0 Å². The van der Waals surface area contributed by atoms with E-state index in [2.05, 4.69) is 65.3 Å². The predicted molar refractivity (Wildman–Crippen MR) is 134 cm³/mol. The number of aryl methyl sites for hydroxylation is 2. The van der Waals surface area contributed by atoms with Crippen LogP contribution in [0.5, 0.6) is 0 Å². The fourth-order valence-electron chi connectivity index (χ4n) is 3.95. The number of amides is 1. The number of carbonyl (C=O) groups is 1. The number of aromatic nitrogens is 1. The number of para-hydroxylation sites is 1. The highest BCUT2D eigenvalue weighted by molar-refractivity contribution is 6.04. The Bertz CT molecular complexity index is 1310. The first-order valence-electron chi connectivity index (χ1n) is 11.2. The van der Waals surface area contributed by atoms with Crippen LogP contribution < -0.4 is 5.32 Å². The average molecular weight is 434 g/mol. The minimum atomic E-state index is -0.332. The highest BCUT2D eigenvalue weighted by Crippen LogP contribution is 2.24. The number of nitrogens with zero attached hydrogens (tertiary/aromatic N) is 2. The second-order valence-electron chi connectivity index (χ2n) is 8.23. The smallest absolute Gasteiger partial charge is 0.261 e. The van der Waals surface area contributed by atoms with Crippen LogP contribution in [0, 0.1) is 18.3 Å². The van der Waals surface area contributed by atoms with E-state index in [-0.39, 0.29) is 11.5 Å². The Balaban J connectivity index is 1.49. The number of nitriles is 1. The first-order chi connectivity index (χ1) is 16.1. The standard InChI is InChI=1S/C29H27N3O/c1-22-13-15-24(16-14-22)20-32-21-26(27-11-5-6-12-28(27)32)18-25(19-30)29(33)31-17-7-10-23-8-3-2-4-9-23/h2-6,8-9,11-16,18,21H,7,10,17,20H2,1H3,(H,31,33)/b25-18-. The van der Waals surface area contributed by atoms with Gasteiger partial charge in [-0.1, -0.05) is 78.4 Å². The van der Waals surface area contributed by atoms with Crippen LogP contribution in [0.1, 0.15) is 28.7 Å². The Morgan fingerprint density at radius 1 is 0.970 bits per heavy atom. The molecule has 0 bridgehead atoms. The van der Waals surface area contributed by atoms with E-state index in [0.717, 1.165) is 35.9 Å². The molecule has 1 heterocycles. The molecule has 0 saturated heterocycles. The molecule has 4 nitrogen and oxygen atoms in total. The van der Waals surface area contributed by atoms with Crippen LogP contribution in [-0.2, 0) is 17.8 Å². The number of benzene rings is 3. The first-order valence-corrected chi connectivity index (χ1v) is 11.2. The lowest BCUT2D eigenvalue weighted by molar-refractivity contribution is -0.117. The maximum Gasteiger partial charge on any atom is 0.261 e. The van der Waals surface area contributed by atoms with Gasteiger partial charge in [-0.2, -0.15) is 5.26 Å². The van der Waals surface area contributed by atoms with Crippen molar-refractivity contribution in [1.82, 2.24) is 9.88 Å². The van der Waals surface area contributed by atoms with Crippen LogP contribution >= 0.6 is 0 Å². The largest absolute Gasteiger partial charge is 0.351 e. The summed E-state index contributed by atoms with van der Waals surface area (Å²) in [5.41, 5.74) is 5.73. The van der Waals surface area contributed by atoms with Gasteiger partial charge in [-0.25, -0.2) is 0 Å². The summed E-state index contributed by atoms with van der Waals surface area (Å²) in [6.45, 7) is 3.33. The lowest BCUT2D eigenvalue weighted by atomic mass is 10.1. The third-order valence-electron chi connectivity index (χ3n) is 5.73. The number of fused-ring (bicyclic) bond motifs is 1. The van der Waals surface area contributed by atoms with Gasteiger partial charge in [0.1, 0.15) is 11.6 Å². The van der Waals surface area contributed by atoms with Crippen LogP contribution in [0.4, 0.5) is 0 Å². The predicted octanol–water partition coefficient (Wildman–Crippen LogP) is 5.65. The minimum absolute atomic E-state index is 0.118. The molecule has 4 heteroatoms. The summed E-state index contributed by atoms with van der Waals surface area (Å²) in [6.07, 6.45) is 5.43. The molecule has 0 fully saturated rings. The molecule has 4 aromatic rings. The van der Waals surface area contributed by atoms with Crippen molar-refractivity contribution in [2.45, 2.75) is 26.3 Å². The monoisotopic (exact) mass is 433 g/mol. The number of carbonyl (C=O) groups excluding carboxylic acids is 1. The van der Waals surface area contributed by atoms with Crippen LogP contribution in [-0.4, -0.2) is 17.0 Å². The molecule has 0 aliphatic heterocycles. The zero-order chi connectivity index (χ0) is 23.0. The van der Waals surface area contributed by atoms with E-state index in [1.54, 1.807) is 6.08 Å². The molecule has 0 unspecified atom stereocenters. The molecule has 0 aliphatic rings. The Labute approximate surface area is 194 Å². The Hall–Kier alpha value is -4.10. The second-order valence-corrected chi connectivity index (χ2v) is 8.23. The normalized spacial score (nSPS) is 11.3. The van der Waals surface area contributed by atoms with Crippen molar-refractivity contribution in [1.29, 1.82) is 5.26 Å². The molecule has 3 aromatic carbocycles. The fraction of sp³-hybridized carbons (Fsp3) is 0.172. The summed E-state index contributed by atoms with van der Waals surface area (Å²) in [5, 5.41) is 13.6. The molecule has 164 valence electrons. The zero-order valence-electron chi connectivity index (χ0n) is 18.8. The molecule has 1 amide bonds. The average Bonchev–Trinajstić information content (AvgIpc) is 3.19. The molecular formula is C29H27N3O. The lowest BCUT2D eigenvalue weighted by Gasteiger charge is -2.06. The molecule has 0 aliphatic carbocycles. The van der Waals surface area contributed by atoms with Crippen LogP contribution in [0.3, 0.4) is 0 Å². The minimum Gasteiger partial charge on any atom is -0.351 e. The molecule has 0 atom stereocenters. The van der Waals surface area contributed by atoms with Crippen molar-refractivity contribution >= 4 is 22.9 Å². The highest BCUT2D eigenvalue weighted by atomic mass is 16.1. The van der Waals surface area contributed by atoms with Crippen molar-refractivity contribution in [3.63, 3.8) is 0 Å². The van der Waals surface area contributed by atoms with Gasteiger partial charge in [0.25, 0.3) is 5.91 Å². The first kappa shape index (κ1) is 22.1. The Kier molecular flexibility index (Phi) is 7.02. The number of hydrogen-bond acceptors (Lipinski definition) is 2. The van der Waals surface area contributed by atoms with Crippen molar-refractivity contribution in [3.05, 3.63) is 113 Å². The van der Waals surface area contributed by atoms with Gasteiger partial charge in [-0.05, 0) is 43.0 Å². The quantitative estimate of drug-likeness (QED) is 0.222. The highest BCUT2D eigenvalue weighted by Gasteiger charge is 2.12. The van der Waals surface area contributed by atoms with Crippen LogP contribution in [0.15, 0.2) is 90.6 Å². The maximum absolute atomic E-state index is 12.6. The van der Waals surface area contributed by atoms with E-state index < -0.39 is 0 Å². The summed E-state index contributed by atoms with van der Waals surface area (Å²) in [7, 11) is 0. The van der Waals surface area contributed by atoms with Crippen molar-refractivity contribution in [2.75, 3.05) is 6.54 Å². The number of nitrogens with one attached hydrogen (secondary N) is 1. The van der Waals surface area contributed by atoms with Gasteiger partial charge in [0, 0.05) is 35.8 Å². The summed E-state index contributed by atoms with van der Waals surface area (Å²) in [6, 6.07) is 28.8. The third kappa shape index (κ3) is 5.58. The van der Waals surface area contributed by atoms with E-state index in [0.29, 0.717) is 6.54 Å². The fourth-order valence-corrected chi connectivity index (χ4v) is 3.95. The molecular weight excluding hydrogens is 406 g/mol. The topological polar surface area (TPSA) is 57.8 Å². The van der Waals surface area contributed by atoms with Gasteiger partial charge in [0.05, 0.1) is 0 Å². The van der Waals surface area contributed by atoms with Crippen LogP contribution in [0.2, 0.25) is 0 Å². The van der Waals surface area contributed by atoms with Gasteiger partial charge < -0.3 is 9.88 Å². The SMILES string of the molecule is Cc1ccc(Cn2cc(/C=C(/C#N)C(=O)NCCCc3ccccc3)c3ccccc32)cc1. The zero-order valence-corrected chi connectivity index (χ0v) is 18.8. The molecule has 1 aromatic heterocycles. The maximum atomic E-state index is 12.6. The van der Waals surface area contributed by atoms with Crippen molar-refractivity contribution in [3.8, 4) is 6.07 Å². The molecule has 33 heavy (non-hydrogen) atoms. The number of hydrogen-bond donors (Lipinski definition) is 1. The van der Waals surface area contributed by atoms with Gasteiger partial charge >= 0.3 is 0 Å². The van der Waals surface area contributed by atoms with Gasteiger partial charge in [0.2, 0.25) is 0 Å². The summed E-state index contributed by atoms with van der Waals surface area (Å²) in [5.74, 6) is -0.332. The van der Waals surface area contributed by atoms with E-state index in [1.165, 1.54) is 16.7 Å². The second kappa shape index (κ2) is 10.5. The van der Waals surface area contributed by atoms with Gasteiger partial charge in [0.15, 0.2) is 0 Å². The van der Waals surface area contributed by atoms with Crippen molar-refractivity contribution < 1.29 is 4.79 Å². The third-order valence-corrected chi connectivity index (χ3v) is 5.73. The molecule has 4 rings (SSSR count). The van der Waals surface area contributed by atoms with E-state index in [1.807, 2.05) is 42.6 Å². The van der Waals surface area contributed by atoms with E-state index >= 15 is 0 Å². The van der Waals surface area contributed by atoms with Crippen molar-refractivity contribution in [2.24, 2.45) is 0 Å². The van der Waals surface area contributed by atoms with E-state index in [9.17, 15) is 10.1 Å². The lowest BCUT2D eigenvalue weighted by Crippen LogP contribution is -2.25. The summed E-state index contributed by atoms with van der Waals surface area (Å²) in [4.78, 5) is 12.6. The molecule has 0 saturated carbocycles.